The standard InChI is InChI=1S/C23H25N3O4S2/c1-4-14-26-22(28)20(15-21(27)24-19-9-7-6-8-16(19)3)31-23(26)25-32(29,30)18-12-10-17(5-2)11-13-18/h4,6-13,20H,1,5,14-15H2,2-3H3,(H,24,27)/t20-/m0/s1. The Morgan fingerprint density at radius 1 is 1.22 bits per heavy atom. The van der Waals surface area contributed by atoms with E-state index in [4.69, 9.17) is 0 Å². The lowest BCUT2D eigenvalue weighted by Crippen LogP contribution is -2.34. The Morgan fingerprint density at radius 2 is 1.91 bits per heavy atom. The largest absolute Gasteiger partial charge is 0.326 e. The minimum Gasteiger partial charge on any atom is -0.326 e. The molecule has 9 heteroatoms. The van der Waals surface area contributed by atoms with E-state index < -0.39 is 15.3 Å². The average molecular weight is 472 g/mol. The highest BCUT2D eigenvalue weighted by Crippen LogP contribution is 2.31. The van der Waals surface area contributed by atoms with Crippen molar-refractivity contribution in [2.75, 3.05) is 11.9 Å². The molecule has 32 heavy (non-hydrogen) atoms. The molecule has 1 saturated heterocycles. The molecule has 1 fully saturated rings. The van der Waals surface area contributed by atoms with Gasteiger partial charge in [0.05, 0.1) is 4.90 Å². The van der Waals surface area contributed by atoms with Crippen LogP contribution in [0.5, 0.6) is 0 Å². The van der Waals surface area contributed by atoms with Gasteiger partial charge in [-0.3, -0.25) is 14.5 Å². The van der Waals surface area contributed by atoms with E-state index in [-0.39, 0.29) is 34.8 Å². The van der Waals surface area contributed by atoms with E-state index in [0.29, 0.717) is 5.69 Å². The van der Waals surface area contributed by atoms with E-state index in [1.165, 1.54) is 23.1 Å². The number of aryl methyl sites for hydroxylation is 2. The quantitative estimate of drug-likeness (QED) is 0.592. The number of hydrogen-bond acceptors (Lipinski definition) is 5. The highest BCUT2D eigenvalue weighted by Gasteiger charge is 2.39. The predicted octanol–water partition coefficient (Wildman–Crippen LogP) is 3.76. The van der Waals surface area contributed by atoms with Gasteiger partial charge in [-0.2, -0.15) is 8.42 Å². The molecule has 1 atom stereocenters. The molecular formula is C23H25N3O4S2. The van der Waals surface area contributed by atoms with Gasteiger partial charge in [-0.15, -0.1) is 11.0 Å². The molecule has 2 aromatic carbocycles. The number of rotatable bonds is 8. The van der Waals surface area contributed by atoms with E-state index in [0.717, 1.165) is 29.3 Å². The van der Waals surface area contributed by atoms with Gasteiger partial charge in [0.2, 0.25) is 11.8 Å². The monoisotopic (exact) mass is 471 g/mol. The number of para-hydroxylation sites is 1. The van der Waals surface area contributed by atoms with Crippen molar-refractivity contribution in [2.24, 2.45) is 4.40 Å². The van der Waals surface area contributed by atoms with Crippen molar-refractivity contribution in [1.82, 2.24) is 4.90 Å². The van der Waals surface area contributed by atoms with Gasteiger partial charge in [0.25, 0.3) is 10.0 Å². The molecule has 7 nitrogen and oxygen atoms in total. The lowest BCUT2D eigenvalue weighted by atomic mass is 10.2. The Balaban J connectivity index is 1.80. The molecule has 0 aliphatic carbocycles. The van der Waals surface area contributed by atoms with Crippen LogP contribution in [0.25, 0.3) is 0 Å². The topological polar surface area (TPSA) is 95.9 Å². The molecule has 0 unspecified atom stereocenters. The lowest BCUT2D eigenvalue weighted by molar-refractivity contribution is -0.127. The van der Waals surface area contributed by atoms with E-state index in [1.54, 1.807) is 18.2 Å². The number of amides is 2. The summed E-state index contributed by atoms with van der Waals surface area (Å²) < 4.78 is 29.5. The molecule has 2 aromatic rings. The highest BCUT2D eigenvalue weighted by molar-refractivity contribution is 8.16. The third-order valence-electron chi connectivity index (χ3n) is 4.95. The first-order valence-electron chi connectivity index (χ1n) is 10.1. The van der Waals surface area contributed by atoms with Crippen molar-refractivity contribution in [3.8, 4) is 0 Å². The minimum absolute atomic E-state index is 0.0446. The first-order valence-corrected chi connectivity index (χ1v) is 12.5. The van der Waals surface area contributed by atoms with Crippen LogP contribution >= 0.6 is 11.8 Å². The summed E-state index contributed by atoms with van der Waals surface area (Å²) in [6, 6.07) is 13.8. The molecule has 168 valence electrons. The van der Waals surface area contributed by atoms with Crippen LogP contribution in [-0.4, -0.2) is 42.1 Å². The molecule has 1 N–H and O–H groups in total. The van der Waals surface area contributed by atoms with E-state index in [2.05, 4.69) is 16.3 Å². The van der Waals surface area contributed by atoms with Gasteiger partial charge in [-0.05, 0) is 42.7 Å². The Morgan fingerprint density at radius 3 is 2.53 bits per heavy atom. The molecule has 2 amide bonds. The van der Waals surface area contributed by atoms with Crippen LogP contribution in [0.2, 0.25) is 0 Å². The van der Waals surface area contributed by atoms with Gasteiger partial charge < -0.3 is 5.32 Å². The lowest BCUT2D eigenvalue weighted by Gasteiger charge is -2.14. The number of sulfonamides is 1. The number of amidine groups is 1. The van der Waals surface area contributed by atoms with Crippen molar-refractivity contribution in [3.05, 3.63) is 72.3 Å². The number of carbonyl (C=O) groups excluding carboxylic acids is 2. The average Bonchev–Trinajstić information content (AvgIpc) is 3.04. The SMILES string of the molecule is C=CCN1C(=O)[C@H](CC(=O)Nc2ccccc2C)SC1=NS(=O)(=O)c1ccc(CC)cc1. The molecule has 3 rings (SSSR count). The van der Waals surface area contributed by atoms with Crippen LogP contribution in [0.3, 0.4) is 0 Å². The van der Waals surface area contributed by atoms with Crippen LogP contribution in [0, 0.1) is 6.92 Å². The van der Waals surface area contributed by atoms with Crippen LogP contribution < -0.4 is 5.32 Å². The summed E-state index contributed by atoms with van der Waals surface area (Å²) >= 11 is 0.978. The number of nitrogens with zero attached hydrogens (tertiary/aromatic N) is 2. The Kier molecular flexibility index (Phi) is 7.52. The zero-order valence-electron chi connectivity index (χ0n) is 17.9. The van der Waals surface area contributed by atoms with Gasteiger partial charge >= 0.3 is 0 Å². The van der Waals surface area contributed by atoms with Crippen molar-refractivity contribution in [3.63, 3.8) is 0 Å². The summed E-state index contributed by atoms with van der Waals surface area (Å²) in [5.74, 6) is -0.701. The fourth-order valence-corrected chi connectivity index (χ4v) is 5.51. The number of carbonyl (C=O) groups is 2. The van der Waals surface area contributed by atoms with Gasteiger partial charge in [0.15, 0.2) is 5.17 Å². The molecule has 0 radical (unpaired) electrons. The number of hydrogen-bond donors (Lipinski definition) is 1. The summed E-state index contributed by atoms with van der Waals surface area (Å²) in [6.07, 6.45) is 2.18. The predicted molar refractivity (Wildman–Crippen MR) is 128 cm³/mol. The molecule has 1 aliphatic rings. The van der Waals surface area contributed by atoms with E-state index >= 15 is 0 Å². The van der Waals surface area contributed by atoms with E-state index in [1.807, 2.05) is 32.0 Å². The normalized spacial score (nSPS) is 17.6. The molecule has 0 saturated carbocycles. The van der Waals surface area contributed by atoms with Crippen LogP contribution in [0.1, 0.15) is 24.5 Å². The van der Waals surface area contributed by atoms with Crippen LogP contribution in [-0.2, 0) is 26.0 Å². The van der Waals surface area contributed by atoms with Crippen LogP contribution in [0.4, 0.5) is 5.69 Å². The van der Waals surface area contributed by atoms with Gasteiger partial charge in [-0.1, -0.05) is 55.1 Å². The number of nitrogens with one attached hydrogen (secondary N) is 1. The number of thioether (sulfide) groups is 1. The maximum atomic E-state index is 12.9. The number of benzene rings is 2. The Labute approximate surface area is 192 Å². The first kappa shape index (κ1) is 23.7. The molecule has 1 aliphatic heterocycles. The first-order chi connectivity index (χ1) is 15.2. The fourth-order valence-electron chi connectivity index (χ4n) is 3.14. The maximum Gasteiger partial charge on any atom is 0.284 e. The van der Waals surface area contributed by atoms with Crippen LogP contribution in [0.15, 0.2) is 70.5 Å². The summed E-state index contributed by atoms with van der Waals surface area (Å²) in [5.41, 5.74) is 2.58. The summed E-state index contributed by atoms with van der Waals surface area (Å²) in [4.78, 5) is 26.7. The maximum absolute atomic E-state index is 12.9. The van der Waals surface area contributed by atoms with Gasteiger partial charge in [0.1, 0.15) is 5.25 Å². The third kappa shape index (κ3) is 5.46. The Bertz CT molecular complexity index is 1160. The summed E-state index contributed by atoms with van der Waals surface area (Å²) in [5, 5.41) is 2.08. The zero-order valence-corrected chi connectivity index (χ0v) is 19.6. The second-order valence-electron chi connectivity index (χ2n) is 7.26. The Hall–Kier alpha value is -2.91. The summed E-state index contributed by atoms with van der Waals surface area (Å²) in [6.45, 7) is 7.59. The fraction of sp³-hybridized carbons (Fsp3) is 0.261. The zero-order chi connectivity index (χ0) is 23.3. The van der Waals surface area contributed by atoms with Crippen molar-refractivity contribution >= 4 is 44.5 Å². The van der Waals surface area contributed by atoms with E-state index in [9.17, 15) is 18.0 Å². The highest BCUT2D eigenvalue weighted by atomic mass is 32.2. The van der Waals surface area contributed by atoms with Gasteiger partial charge in [-0.25, -0.2) is 0 Å². The second kappa shape index (κ2) is 10.1. The van der Waals surface area contributed by atoms with Gasteiger partial charge in [0, 0.05) is 18.7 Å². The molecule has 0 spiro atoms. The minimum atomic E-state index is -4.01. The molecule has 1 heterocycles. The molecule has 0 bridgehead atoms. The molecular weight excluding hydrogens is 446 g/mol. The van der Waals surface area contributed by atoms with Crippen molar-refractivity contribution in [2.45, 2.75) is 36.8 Å². The summed E-state index contributed by atoms with van der Waals surface area (Å²) in [7, 11) is -4.01. The van der Waals surface area contributed by atoms with Crippen molar-refractivity contribution < 1.29 is 18.0 Å². The molecule has 0 aromatic heterocycles. The third-order valence-corrected chi connectivity index (χ3v) is 7.52. The van der Waals surface area contributed by atoms with Crippen molar-refractivity contribution in [1.29, 1.82) is 0 Å². The second-order valence-corrected chi connectivity index (χ2v) is 10.0. The smallest absolute Gasteiger partial charge is 0.284 e. The number of anilines is 1.